The first kappa shape index (κ1) is 18.3. The van der Waals surface area contributed by atoms with Crippen LogP contribution in [0.15, 0.2) is 4.99 Å². The smallest absolute Gasteiger partial charge is 0.191 e. The second-order valence-electron chi connectivity index (χ2n) is 6.38. The molecule has 2 aromatic heterocycles. The first-order valence-corrected chi connectivity index (χ1v) is 10.6. The summed E-state index contributed by atoms with van der Waals surface area (Å²) in [6.07, 6.45) is 7.17. The number of thiazole rings is 2. The van der Waals surface area contributed by atoms with Crippen molar-refractivity contribution < 1.29 is 0 Å². The molecule has 7 heteroatoms. The molecule has 0 fully saturated rings. The average Bonchev–Trinajstić information content (AvgIpc) is 3.16. The van der Waals surface area contributed by atoms with E-state index in [4.69, 9.17) is 4.98 Å². The average molecular weight is 378 g/mol. The molecule has 0 saturated carbocycles. The Morgan fingerprint density at radius 3 is 2.68 bits per heavy atom. The fraction of sp³-hybridized carbons (Fsp3) is 0.611. The lowest BCUT2D eigenvalue weighted by Gasteiger charge is -2.11. The number of aryl methyl sites for hydroxylation is 5. The summed E-state index contributed by atoms with van der Waals surface area (Å²) in [4.78, 5) is 16.4. The lowest BCUT2D eigenvalue weighted by molar-refractivity contribution is 0.678. The summed E-state index contributed by atoms with van der Waals surface area (Å²) in [5, 5.41) is 9.19. The van der Waals surface area contributed by atoms with Crippen molar-refractivity contribution in [1.29, 1.82) is 0 Å². The van der Waals surface area contributed by atoms with Gasteiger partial charge in [0.05, 0.1) is 27.9 Å². The van der Waals surface area contributed by atoms with E-state index < -0.39 is 0 Å². The molecular weight excluding hydrogens is 350 g/mol. The number of hydrogen-bond donors (Lipinski definition) is 2. The summed E-state index contributed by atoms with van der Waals surface area (Å²) in [7, 11) is 1.81. The molecular formula is C18H27N5S2. The van der Waals surface area contributed by atoms with E-state index in [0.717, 1.165) is 42.6 Å². The quantitative estimate of drug-likeness (QED) is 0.460. The van der Waals surface area contributed by atoms with Gasteiger partial charge < -0.3 is 10.6 Å². The van der Waals surface area contributed by atoms with Crippen LogP contribution in [0.25, 0.3) is 0 Å². The molecule has 0 aromatic carbocycles. The minimum Gasteiger partial charge on any atom is -0.356 e. The van der Waals surface area contributed by atoms with Gasteiger partial charge in [0.25, 0.3) is 0 Å². The third-order valence-electron chi connectivity index (χ3n) is 4.39. The van der Waals surface area contributed by atoms with Crippen molar-refractivity contribution in [2.24, 2.45) is 4.99 Å². The number of aliphatic imine (C=N–C) groups is 1. The standard InChI is InChI=1S/C18H27N5S2/c1-12-16(24-13(2)22-12)11-21-18(19-3)20-10-6-9-17-23-14-7-4-5-8-15(14)25-17/h4-11H2,1-3H3,(H2,19,20,21). The van der Waals surface area contributed by atoms with Crippen molar-refractivity contribution >= 4 is 28.6 Å². The van der Waals surface area contributed by atoms with Crippen LogP contribution in [-0.2, 0) is 25.8 Å². The molecule has 2 heterocycles. The lowest BCUT2D eigenvalue weighted by Crippen LogP contribution is -2.37. The fourth-order valence-electron chi connectivity index (χ4n) is 3.08. The zero-order valence-electron chi connectivity index (χ0n) is 15.3. The molecule has 0 amide bonds. The molecule has 2 aromatic rings. The molecule has 2 N–H and O–H groups in total. The first-order chi connectivity index (χ1) is 12.2. The number of rotatable bonds is 6. The summed E-state index contributed by atoms with van der Waals surface area (Å²) in [5.74, 6) is 0.851. The highest BCUT2D eigenvalue weighted by atomic mass is 32.1. The van der Waals surface area contributed by atoms with Crippen molar-refractivity contribution in [3.05, 3.63) is 31.2 Å². The Morgan fingerprint density at radius 2 is 1.96 bits per heavy atom. The molecule has 0 saturated heterocycles. The molecule has 1 aliphatic carbocycles. The number of guanidine groups is 1. The van der Waals surface area contributed by atoms with E-state index in [2.05, 4.69) is 27.5 Å². The third-order valence-corrected chi connectivity index (χ3v) is 6.68. The van der Waals surface area contributed by atoms with E-state index >= 15 is 0 Å². The monoisotopic (exact) mass is 377 g/mol. The minimum absolute atomic E-state index is 0.774. The number of aromatic nitrogens is 2. The molecule has 1 aliphatic rings. The van der Waals surface area contributed by atoms with Crippen LogP contribution in [0.5, 0.6) is 0 Å². The zero-order chi connectivity index (χ0) is 17.6. The van der Waals surface area contributed by atoms with Crippen LogP contribution in [0, 0.1) is 13.8 Å². The SMILES string of the molecule is CN=C(NCCCc1nc2c(s1)CCCC2)NCc1sc(C)nc1C. The van der Waals surface area contributed by atoms with Crippen molar-refractivity contribution in [3.63, 3.8) is 0 Å². The predicted molar refractivity (Wildman–Crippen MR) is 107 cm³/mol. The van der Waals surface area contributed by atoms with Crippen LogP contribution in [0.4, 0.5) is 0 Å². The summed E-state index contributed by atoms with van der Waals surface area (Å²) in [6, 6.07) is 0. The predicted octanol–water partition coefficient (Wildman–Crippen LogP) is 3.39. The van der Waals surface area contributed by atoms with Gasteiger partial charge in [-0.3, -0.25) is 4.99 Å². The normalized spacial score (nSPS) is 14.4. The van der Waals surface area contributed by atoms with Gasteiger partial charge in [0, 0.05) is 29.8 Å². The topological polar surface area (TPSA) is 62.2 Å². The molecule has 0 spiro atoms. The number of fused-ring (bicyclic) bond motifs is 1. The van der Waals surface area contributed by atoms with E-state index in [9.17, 15) is 0 Å². The second-order valence-corrected chi connectivity index (χ2v) is 8.84. The number of nitrogens with zero attached hydrogens (tertiary/aromatic N) is 3. The minimum atomic E-state index is 0.774. The van der Waals surface area contributed by atoms with Crippen molar-refractivity contribution in [1.82, 2.24) is 20.6 Å². The summed E-state index contributed by atoms with van der Waals surface area (Å²) in [6.45, 7) is 5.79. The van der Waals surface area contributed by atoms with E-state index in [1.165, 1.54) is 46.1 Å². The van der Waals surface area contributed by atoms with Gasteiger partial charge in [0.2, 0.25) is 0 Å². The molecule has 0 radical (unpaired) electrons. The van der Waals surface area contributed by atoms with E-state index in [0.29, 0.717) is 0 Å². The van der Waals surface area contributed by atoms with E-state index in [-0.39, 0.29) is 0 Å². The van der Waals surface area contributed by atoms with Crippen LogP contribution < -0.4 is 10.6 Å². The Bertz CT molecular complexity index is 708. The van der Waals surface area contributed by atoms with Crippen molar-refractivity contribution in [2.45, 2.75) is 58.9 Å². The molecule has 3 rings (SSSR count). The highest BCUT2D eigenvalue weighted by molar-refractivity contribution is 7.12. The molecule has 0 bridgehead atoms. The van der Waals surface area contributed by atoms with Gasteiger partial charge in [0.1, 0.15) is 0 Å². The van der Waals surface area contributed by atoms with Gasteiger partial charge in [-0.1, -0.05) is 0 Å². The molecule has 25 heavy (non-hydrogen) atoms. The van der Waals surface area contributed by atoms with Crippen LogP contribution >= 0.6 is 22.7 Å². The van der Waals surface area contributed by atoms with E-state index in [1.807, 2.05) is 25.3 Å². The maximum absolute atomic E-state index is 4.81. The lowest BCUT2D eigenvalue weighted by atomic mass is 10.0. The molecule has 0 atom stereocenters. The Kier molecular flexibility index (Phi) is 6.42. The maximum Gasteiger partial charge on any atom is 0.191 e. The van der Waals surface area contributed by atoms with Crippen LogP contribution in [0.1, 0.15) is 50.4 Å². The maximum atomic E-state index is 4.81. The summed E-state index contributed by atoms with van der Waals surface area (Å²) < 4.78 is 0. The third kappa shape index (κ3) is 5.01. The number of nitrogens with one attached hydrogen (secondary N) is 2. The molecule has 0 aliphatic heterocycles. The van der Waals surface area contributed by atoms with Crippen LogP contribution in [-0.4, -0.2) is 29.5 Å². The van der Waals surface area contributed by atoms with Gasteiger partial charge in [-0.25, -0.2) is 9.97 Å². The summed E-state index contributed by atoms with van der Waals surface area (Å²) >= 11 is 3.66. The van der Waals surface area contributed by atoms with Gasteiger partial charge in [-0.15, -0.1) is 22.7 Å². The van der Waals surface area contributed by atoms with Crippen molar-refractivity contribution in [3.8, 4) is 0 Å². The molecule has 5 nitrogen and oxygen atoms in total. The van der Waals surface area contributed by atoms with Crippen LogP contribution in [0.3, 0.4) is 0 Å². The molecule has 136 valence electrons. The van der Waals surface area contributed by atoms with Crippen LogP contribution in [0.2, 0.25) is 0 Å². The Balaban J connectivity index is 1.39. The Labute approximate surface area is 158 Å². The fourth-order valence-corrected chi connectivity index (χ4v) is 5.16. The van der Waals surface area contributed by atoms with Crippen molar-refractivity contribution in [2.75, 3.05) is 13.6 Å². The molecule has 0 unspecified atom stereocenters. The van der Waals surface area contributed by atoms with Gasteiger partial charge in [-0.2, -0.15) is 0 Å². The zero-order valence-corrected chi connectivity index (χ0v) is 16.9. The highest BCUT2D eigenvalue weighted by Gasteiger charge is 2.14. The first-order valence-electron chi connectivity index (χ1n) is 9.00. The highest BCUT2D eigenvalue weighted by Crippen LogP contribution is 2.27. The Hall–Kier alpha value is -1.47. The van der Waals surface area contributed by atoms with Gasteiger partial charge in [0.15, 0.2) is 5.96 Å². The van der Waals surface area contributed by atoms with Gasteiger partial charge in [-0.05, 0) is 46.0 Å². The second kappa shape index (κ2) is 8.76. The Morgan fingerprint density at radius 1 is 1.12 bits per heavy atom. The largest absolute Gasteiger partial charge is 0.356 e. The summed E-state index contributed by atoms with van der Waals surface area (Å²) in [5.41, 5.74) is 2.48. The number of hydrogen-bond acceptors (Lipinski definition) is 5. The van der Waals surface area contributed by atoms with E-state index in [1.54, 1.807) is 11.3 Å². The van der Waals surface area contributed by atoms with Gasteiger partial charge >= 0.3 is 0 Å².